The molecule has 1 aromatic carbocycles. The fourth-order valence-electron chi connectivity index (χ4n) is 3.57. The second-order valence-electron chi connectivity index (χ2n) is 6.66. The van der Waals surface area contributed by atoms with E-state index in [4.69, 9.17) is 15.9 Å². The lowest BCUT2D eigenvalue weighted by Gasteiger charge is -2.19. The summed E-state index contributed by atoms with van der Waals surface area (Å²) in [5.74, 6) is 0.140. The van der Waals surface area contributed by atoms with Gasteiger partial charge in [0.15, 0.2) is 6.21 Å². The lowest BCUT2D eigenvalue weighted by atomic mass is 9.88. The van der Waals surface area contributed by atoms with Crippen LogP contribution in [-0.2, 0) is 17.6 Å². The molecule has 2 heterocycles. The number of nitrogen functional groups attached to an aromatic ring is 1. The molecule has 6 N–H and O–H groups in total. The third-order valence-corrected chi connectivity index (χ3v) is 6.19. The molecule has 3 aromatic rings. The van der Waals surface area contributed by atoms with Crippen molar-refractivity contribution in [2.75, 3.05) is 18.2 Å². The molecule has 0 radical (unpaired) electrons. The van der Waals surface area contributed by atoms with Gasteiger partial charge in [-0.05, 0) is 30.9 Å². The van der Waals surface area contributed by atoms with Crippen LogP contribution in [0.3, 0.4) is 0 Å². The van der Waals surface area contributed by atoms with Crippen molar-refractivity contribution in [2.45, 2.75) is 19.3 Å². The lowest BCUT2D eigenvalue weighted by Crippen LogP contribution is -2.30. The van der Waals surface area contributed by atoms with E-state index in [1.54, 1.807) is 19.2 Å². The number of fused-ring (bicyclic) bond motifs is 3. The molecule has 2 aromatic heterocycles. The van der Waals surface area contributed by atoms with Crippen LogP contribution in [-0.4, -0.2) is 34.4 Å². The van der Waals surface area contributed by atoms with Crippen LogP contribution in [0.1, 0.15) is 22.4 Å². The van der Waals surface area contributed by atoms with E-state index in [1.807, 2.05) is 0 Å². The van der Waals surface area contributed by atoms with Gasteiger partial charge in [-0.3, -0.25) is 10.2 Å². The van der Waals surface area contributed by atoms with Gasteiger partial charge in [0.1, 0.15) is 22.7 Å². The number of thiophene rings is 1. The highest BCUT2D eigenvalue weighted by Gasteiger charge is 2.29. The summed E-state index contributed by atoms with van der Waals surface area (Å²) in [4.78, 5) is 22.1. The molecule has 9 heteroatoms. The van der Waals surface area contributed by atoms with Crippen molar-refractivity contribution in [3.63, 3.8) is 0 Å². The van der Waals surface area contributed by atoms with E-state index >= 15 is 0 Å². The summed E-state index contributed by atoms with van der Waals surface area (Å²) in [6.45, 7) is 0. The first-order valence-corrected chi connectivity index (χ1v) is 9.61. The SMILES string of the molecule is COc1cc(N)c(C=[NH2+])cc1Nc1ncnc2sc3c(c12)CCC(C(=O)O)C3. The molecule has 1 aliphatic carbocycles. The van der Waals surface area contributed by atoms with E-state index in [0.717, 1.165) is 20.7 Å². The van der Waals surface area contributed by atoms with E-state index in [9.17, 15) is 9.90 Å². The van der Waals surface area contributed by atoms with Crippen LogP contribution >= 0.6 is 11.3 Å². The summed E-state index contributed by atoms with van der Waals surface area (Å²) < 4.78 is 5.44. The molecule has 144 valence electrons. The van der Waals surface area contributed by atoms with Crippen LogP contribution in [0, 0.1) is 5.92 Å². The van der Waals surface area contributed by atoms with Gasteiger partial charge >= 0.3 is 5.97 Å². The summed E-state index contributed by atoms with van der Waals surface area (Å²) in [5.41, 5.74) is 9.00. The Hall–Kier alpha value is -3.20. The number of hydrogen-bond donors (Lipinski definition) is 4. The average molecular weight is 398 g/mol. The number of hydrogen-bond acceptors (Lipinski definition) is 7. The minimum absolute atomic E-state index is 0.343. The number of carboxylic acid groups (broad SMARTS) is 1. The lowest BCUT2D eigenvalue weighted by molar-refractivity contribution is -0.142. The topological polar surface area (TPSA) is 136 Å². The first kappa shape index (κ1) is 18.2. The Morgan fingerprint density at radius 3 is 3.00 bits per heavy atom. The Balaban J connectivity index is 1.79. The predicted molar refractivity (Wildman–Crippen MR) is 108 cm³/mol. The van der Waals surface area contributed by atoms with E-state index in [2.05, 4.69) is 15.3 Å². The van der Waals surface area contributed by atoms with Crippen molar-refractivity contribution in [2.24, 2.45) is 5.92 Å². The maximum atomic E-state index is 11.4. The number of carboxylic acids is 1. The molecule has 0 saturated heterocycles. The zero-order valence-electron chi connectivity index (χ0n) is 15.2. The fourth-order valence-corrected chi connectivity index (χ4v) is 4.83. The molecule has 1 aliphatic rings. The Labute approximate surface area is 164 Å². The highest BCUT2D eigenvalue weighted by atomic mass is 32.1. The minimum atomic E-state index is -0.746. The molecule has 4 rings (SSSR count). The van der Waals surface area contributed by atoms with E-state index in [0.29, 0.717) is 47.8 Å². The van der Waals surface area contributed by atoms with Gasteiger partial charge < -0.3 is 20.9 Å². The fraction of sp³-hybridized carbons (Fsp3) is 0.263. The molecular weight excluding hydrogens is 378 g/mol. The third-order valence-electron chi connectivity index (χ3n) is 5.03. The number of aliphatic carboxylic acids is 1. The highest BCUT2D eigenvalue weighted by Crippen LogP contribution is 2.41. The molecule has 0 spiro atoms. The number of rotatable bonds is 5. The van der Waals surface area contributed by atoms with Crippen molar-refractivity contribution in [3.05, 3.63) is 34.5 Å². The van der Waals surface area contributed by atoms with Crippen molar-refractivity contribution in [3.8, 4) is 5.75 Å². The van der Waals surface area contributed by atoms with Crippen LogP contribution in [0.5, 0.6) is 5.75 Å². The standard InChI is InChI=1S/C19H19N5O3S/c1-27-14-6-12(21)10(7-20)4-13(14)24-17-16-11-3-2-9(19(25)26)5-15(11)28-18(16)23-8-22-17/h4,6-9,20H,2-3,5,21H2,1H3,(H,25,26)(H,22,23,24)/p+1. The quantitative estimate of drug-likeness (QED) is 0.377. The summed E-state index contributed by atoms with van der Waals surface area (Å²) in [6, 6.07) is 3.52. The Morgan fingerprint density at radius 2 is 2.29 bits per heavy atom. The monoisotopic (exact) mass is 398 g/mol. The maximum Gasteiger partial charge on any atom is 0.306 e. The summed E-state index contributed by atoms with van der Waals surface area (Å²) in [6.07, 6.45) is 4.77. The zero-order valence-corrected chi connectivity index (χ0v) is 16.0. The number of carbonyl (C=O) groups is 1. The highest BCUT2D eigenvalue weighted by molar-refractivity contribution is 7.19. The van der Waals surface area contributed by atoms with Gasteiger partial charge in [0.25, 0.3) is 0 Å². The molecule has 0 amide bonds. The number of benzene rings is 1. The Bertz CT molecular complexity index is 1090. The zero-order chi connectivity index (χ0) is 19.8. The number of aromatic nitrogens is 2. The molecule has 1 atom stereocenters. The largest absolute Gasteiger partial charge is 0.494 e. The van der Waals surface area contributed by atoms with Crippen molar-refractivity contribution < 1.29 is 20.0 Å². The molecule has 28 heavy (non-hydrogen) atoms. The minimum Gasteiger partial charge on any atom is -0.494 e. The average Bonchev–Trinajstić information content (AvgIpc) is 3.07. The molecular formula is C19H20N5O3S+. The van der Waals surface area contributed by atoms with Gasteiger partial charge in [-0.25, -0.2) is 9.97 Å². The van der Waals surface area contributed by atoms with Gasteiger partial charge in [0, 0.05) is 16.6 Å². The van der Waals surface area contributed by atoms with Crippen LogP contribution in [0.4, 0.5) is 17.2 Å². The molecule has 0 fully saturated rings. The number of ether oxygens (including phenoxy) is 1. The summed E-state index contributed by atoms with van der Waals surface area (Å²) in [7, 11) is 1.57. The van der Waals surface area contributed by atoms with Crippen LogP contribution in [0.2, 0.25) is 0 Å². The summed E-state index contributed by atoms with van der Waals surface area (Å²) >= 11 is 1.53. The van der Waals surface area contributed by atoms with Gasteiger partial charge in [-0.1, -0.05) is 0 Å². The van der Waals surface area contributed by atoms with Gasteiger partial charge in [0.2, 0.25) is 0 Å². The van der Waals surface area contributed by atoms with E-state index in [1.165, 1.54) is 23.9 Å². The number of nitrogens with zero attached hydrogens (tertiary/aromatic N) is 2. The predicted octanol–water partition coefficient (Wildman–Crippen LogP) is 1.39. The molecule has 0 saturated carbocycles. The maximum absolute atomic E-state index is 11.4. The second-order valence-corrected chi connectivity index (χ2v) is 7.74. The van der Waals surface area contributed by atoms with Gasteiger partial charge in [-0.15, -0.1) is 11.3 Å². The van der Waals surface area contributed by atoms with Crippen LogP contribution in [0.25, 0.3) is 10.2 Å². The molecule has 8 nitrogen and oxygen atoms in total. The van der Waals surface area contributed by atoms with Crippen LogP contribution < -0.4 is 21.2 Å². The Morgan fingerprint density at radius 1 is 1.46 bits per heavy atom. The van der Waals surface area contributed by atoms with Crippen molar-refractivity contribution in [1.29, 1.82) is 0 Å². The van der Waals surface area contributed by atoms with Crippen molar-refractivity contribution >= 4 is 50.9 Å². The van der Waals surface area contributed by atoms with Gasteiger partial charge in [0.05, 0.1) is 29.7 Å². The van der Waals surface area contributed by atoms with Gasteiger partial charge in [-0.2, -0.15) is 0 Å². The number of aryl methyl sites for hydroxylation is 1. The first-order valence-electron chi connectivity index (χ1n) is 8.79. The third kappa shape index (κ3) is 3.03. The molecule has 1 unspecified atom stereocenters. The normalized spacial score (nSPS) is 15.8. The van der Waals surface area contributed by atoms with E-state index < -0.39 is 5.97 Å². The van der Waals surface area contributed by atoms with E-state index in [-0.39, 0.29) is 5.92 Å². The molecule has 0 aliphatic heterocycles. The first-order chi connectivity index (χ1) is 13.5. The smallest absolute Gasteiger partial charge is 0.306 e. The molecule has 0 bridgehead atoms. The van der Waals surface area contributed by atoms with Crippen LogP contribution in [0.15, 0.2) is 18.5 Å². The number of methoxy groups -OCH3 is 1. The Kier molecular flexibility index (Phi) is 4.60. The number of nitrogens with two attached hydrogens (primary N) is 2. The number of anilines is 3. The second kappa shape index (κ2) is 7.08. The summed E-state index contributed by atoms with van der Waals surface area (Å²) in [5, 5.41) is 19.3. The number of nitrogens with one attached hydrogen (secondary N) is 1. The van der Waals surface area contributed by atoms with Crippen molar-refractivity contribution in [1.82, 2.24) is 9.97 Å².